The Bertz CT molecular complexity index is 619. The first kappa shape index (κ1) is 25.1. The van der Waals surface area contributed by atoms with Gasteiger partial charge in [-0.25, -0.2) is 4.79 Å². The van der Waals surface area contributed by atoms with Crippen LogP contribution in [0.5, 0.6) is 0 Å². The Kier molecular flexibility index (Phi) is 9.79. The van der Waals surface area contributed by atoms with Gasteiger partial charge in [0.05, 0.1) is 18.2 Å². The van der Waals surface area contributed by atoms with Gasteiger partial charge in [0.15, 0.2) is 0 Å². The molecule has 29 heavy (non-hydrogen) atoms. The zero-order valence-corrected chi connectivity index (χ0v) is 18.8. The Balaban J connectivity index is 3.06. The molecule has 1 heterocycles. The Morgan fingerprint density at radius 1 is 1.24 bits per heavy atom. The molecule has 166 valence electrons. The molecule has 1 aliphatic heterocycles. The number of carbonyl (C=O) groups excluding carboxylic acids is 2. The molecule has 0 aromatic heterocycles. The van der Waals surface area contributed by atoms with Gasteiger partial charge in [0.25, 0.3) is 0 Å². The third-order valence-corrected chi connectivity index (χ3v) is 5.71. The van der Waals surface area contributed by atoms with Crippen molar-refractivity contribution >= 4 is 17.8 Å². The normalized spacial score (nSPS) is 21.4. The van der Waals surface area contributed by atoms with E-state index in [-0.39, 0.29) is 29.3 Å². The standard InChI is InChI=1S/C21H37N3O5/c1-13(2)17(12-14(3)21(27)28)24(6)20(26)18(15(4)29-7)22-19(25)16-10-8-9-11-23(16)5/h12-13,15-18H,8-11H2,1-7H3,(H,22,25)(H,27,28)/b14-12+/t15-,16?,17-,18+/m1/s1. The van der Waals surface area contributed by atoms with Crippen LogP contribution in [0, 0.1) is 5.92 Å². The lowest BCUT2D eigenvalue weighted by Gasteiger charge is -2.36. The third kappa shape index (κ3) is 6.82. The van der Waals surface area contributed by atoms with Crippen molar-refractivity contribution in [3.63, 3.8) is 0 Å². The molecule has 1 aliphatic rings. The molecule has 0 aromatic carbocycles. The average molecular weight is 412 g/mol. The number of likely N-dealkylation sites (N-methyl/N-ethyl adjacent to an activating group) is 2. The summed E-state index contributed by atoms with van der Waals surface area (Å²) in [6.07, 6.45) is 3.85. The summed E-state index contributed by atoms with van der Waals surface area (Å²) < 4.78 is 5.37. The van der Waals surface area contributed by atoms with E-state index in [0.717, 1.165) is 25.8 Å². The predicted molar refractivity (Wildman–Crippen MR) is 111 cm³/mol. The molecule has 0 aliphatic carbocycles. The molecule has 0 spiro atoms. The number of carbonyl (C=O) groups is 3. The quantitative estimate of drug-likeness (QED) is 0.558. The van der Waals surface area contributed by atoms with Crippen molar-refractivity contribution in [3.05, 3.63) is 11.6 Å². The molecule has 0 aromatic rings. The minimum absolute atomic E-state index is 0.00284. The van der Waals surface area contributed by atoms with E-state index >= 15 is 0 Å². The van der Waals surface area contributed by atoms with Crippen molar-refractivity contribution in [1.29, 1.82) is 0 Å². The van der Waals surface area contributed by atoms with E-state index < -0.39 is 24.2 Å². The molecule has 1 saturated heterocycles. The molecular formula is C21H37N3O5. The van der Waals surface area contributed by atoms with E-state index in [4.69, 9.17) is 4.74 Å². The lowest BCUT2D eigenvalue weighted by atomic mass is 9.98. The van der Waals surface area contributed by atoms with Gasteiger partial charge >= 0.3 is 5.97 Å². The molecule has 0 radical (unpaired) electrons. The van der Waals surface area contributed by atoms with Crippen LogP contribution in [0.15, 0.2) is 11.6 Å². The van der Waals surface area contributed by atoms with Crippen LogP contribution >= 0.6 is 0 Å². The van der Waals surface area contributed by atoms with Crippen molar-refractivity contribution in [2.75, 3.05) is 27.7 Å². The van der Waals surface area contributed by atoms with Crippen LogP contribution in [0.4, 0.5) is 0 Å². The van der Waals surface area contributed by atoms with Crippen molar-refractivity contribution in [3.8, 4) is 0 Å². The summed E-state index contributed by atoms with van der Waals surface area (Å²) in [4.78, 5) is 40.9. The second-order valence-electron chi connectivity index (χ2n) is 8.26. The van der Waals surface area contributed by atoms with Crippen LogP contribution < -0.4 is 5.32 Å². The van der Waals surface area contributed by atoms with Gasteiger partial charge in [-0.05, 0) is 46.2 Å². The zero-order chi connectivity index (χ0) is 22.3. The second-order valence-corrected chi connectivity index (χ2v) is 8.26. The molecule has 0 saturated carbocycles. The maximum Gasteiger partial charge on any atom is 0.331 e. The highest BCUT2D eigenvalue weighted by Crippen LogP contribution is 2.18. The topological polar surface area (TPSA) is 99.2 Å². The van der Waals surface area contributed by atoms with Gasteiger partial charge in [-0.3, -0.25) is 14.5 Å². The van der Waals surface area contributed by atoms with Crippen LogP contribution in [0.3, 0.4) is 0 Å². The number of methoxy groups -OCH3 is 1. The Labute approximate surface area is 174 Å². The largest absolute Gasteiger partial charge is 0.478 e. The van der Waals surface area contributed by atoms with Gasteiger partial charge in [0, 0.05) is 19.7 Å². The number of carboxylic acid groups (broad SMARTS) is 1. The summed E-state index contributed by atoms with van der Waals surface area (Å²) >= 11 is 0. The number of likely N-dealkylation sites (tertiary alicyclic amines) is 1. The lowest BCUT2D eigenvalue weighted by molar-refractivity contribution is -0.142. The number of hydrogen-bond donors (Lipinski definition) is 2. The lowest BCUT2D eigenvalue weighted by Crippen LogP contribution is -2.59. The molecule has 2 N–H and O–H groups in total. The predicted octanol–water partition coefficient (Wildman–Crippen LogP) is 1.50. The fourth-order valence-electron chi connectivity index (χ4n) is 3.62. The number of amides is 2. The first-order valence-electron chi connectivity index (χ1n) is 10.2. The number of rotatable bonds is 9. The summed E-state index contributed by atoms with van der Waals surface area (Å²) in [5, 5.41) is 12.1. The molecule has 0 bridgehead atoms. The average Bonchev–Trinajstić information content (AvgIpc) is 2.68. The zero-order valence-electron chi connectivity index (χ0n) is 18.8. The number of nitrogens with one attached hydrogen (secondary N) is 1. The van der Waals surface area contributed by atoms with Gasteiger partial charge in [-0.15, -0.1) is 0 Å². The highest BCUT2D eigenvalue weighted by molar-refractivity contribution is 5.91. The van der Waals surface area contributed by atoms with Crippen molar-refractivity contribution < 1.29 is 24.2 Å². The summed E-state index contributed by atoms with van der Waals surface area (Å²) in [7, 11) is 5.05. The minimum Gasteiger partial charge on any atom is -0.478 e. The van der Waals surface area contributed by atoms with Gasteiger partial charge < -0.3 is 20.1 Å². The van der Waals surface area contributed by atoms with E-state index in [1.807, 2.05) is 25.8 Å². The van der Waals surface area contributed by atoms with Crippen LogP contribution in [0.2, 0.25) is 0 Å². The number of carboxylic acids is 1. The fourth-order valence-corrected chi connectivity index (χ4v) is 3.62. The molecule has 4 atom stereocenters. The number of ether oxygens (including phenoxy) is 1. The monoisotopic (exact) mass is 411 g/mol. The van der Waals surface area contributed by atoms with Crippen molar-refractivity contribution in [2.45, 2.75) is 71.2 Å². The van der Waals surface area contributed by atoms with E-state index in [2.05, 4.69) is 5.32 Å². The van der Waals surface area contributed by atoms with Gasteiger partial charge in [-0.1, -0.05) is 26.3 Å². The molecule has 1 rings (SSSR count). The van der Waals surface area contributed by atoms with Gasteiger partial charge in [-0.2, -0.15) is 0 Å². The van der Waals surface area contributed by atoms with Crippen LogP contribution in [-0.2, 0) is 19.1 Å². The summed E-state index contributed by atoms with van der Waals surface area (Å²) in [5.41, 5.74) is 0.174. The van der Waals surface area contributed by atoms with Crippen molar-refractivity contribution in [2.24, 2.45) is 5.92 Å². The number of hydrogen-bond acceptors (Lipinski definition) is 5. The summed E-state index contributed by atoms with van der Waals surface area (Å²) in [5.74, 6) is -1.51. The molecule has 1 fully saturated rings. The number of aliphatic carboxylic acids is 1. The Morgan fingerprint density at radius 2 is 1.86 bits per heavy atom. The highest BCUT2D eigenvalue weighted by atomic mass is 16.5. The molecule has 2 amide bonds. The second kappa shape index (κ2) is 11.3. The maximum atomic E-state index is 13.3. The SMILES string of the molecule is CO[C@H](C)[C@H](NC(=O)C1CCCCN1C)C(=O)N(C)[C@H](/C=C(\C)C(=O)O)C(C)C. The van der Waals surface area contributed by atoms with Crippen LogP contribution in [0.1, 0.15) is 47.0 Å². The van der Waals surface area contributed by atoms with E-state index in [0.29, 0.717) is 0 Å². The Hall–Kier alpha value is -1.93. The smallest absolute Gasteiger partial charge is 0.331 e. The van der Waals surface area contributed by atoms with Gasteiger partial charge in [0.2, 0.25) is 11.8 Å². The Morgan fingerprint density at radius 3 is 2.34 bits per heavy atom. The van der Waals surface area contributed by atoms with Crippen LogP contribution in [-0.4, -0.2) is 84.7 Å². The maximum absolute atomic E-state index is 13.3. The number of piperidine rings is 1. The minimum atomic E-state index is -1.02. The molecule has 1 unspecified atom stereocenters. The van der Waals surface area contributed by atoms with E-state index in [1.165, 1.54) is 18.9 Å². The molecular weight excluding hydrogens is 374 g/mol. The van der Waals surface area contributed by atoms with Crippen LogP contribution in [0.25, 0.3) is 0 Å². The number of nitrogens with zero attached hydrogens (tertiary/aromatic N) is 2. The summed E-state index contributed by atoms with van der Waals surface area (Å²) in [6, 6.07) is -1.53. The highest BCUT2D eigenvalue weighted by Gasteiger charge is 2.35. The van der Waals surface area contributed by atoms with Gasteiger partial charge in [0.1, 0.15) is 6.04 Å². The molecule has 8 heteroatoms. The van der Waals surface area contributed by atoms with E-state index in [1.54, 1.807) is 20.0 Å². The first-order valence-corrected chi connectivity index (χ1v) is 10.2. The third-order valence-electron chi connectivity index (χ3n) is 5.71. The summed E-state index contributed by atoms with van der Waals surface area (Å²) in [6.45, 7) is 7.94. The first-order chi connectivity index (χ1) is 13.5. The van der Waals surface area contributed by atoms with Crippen molar-refractivity contribution in [1.82, 2.24) is 15.1 Å². The molecule has 8 nitrogen and oxygen atoms in total. The van der Waals surface area contributed by atoms with E-state index in [9.17, 15) is 19.5 Å². The fraction of sp³-hybridized carbons (Fsp3) is 0.762.